The molecule has 2 rings (SSSR count). The molecule has 5 nitrogen and oxygen atoms in total. The van der Waals surface area contributed by atoms with Crippen molar-refractivity contribution in [1.82, 2.24) is 15.0 Å². The maximum Gasteiger partial charge on any atom is 0.148 e. The Morgan fingerprint density at radius 2 is 2.22 bits per heavy atom. The molecule has 0 aliphatic carbocycles. The average molecular weight is 328 g/mol. The van der Waals surface area contributed by atoms with Crippen molar-refractivity contribution in [3.63, 3.8) is 0 Å². The monoisotopic (exact) mass is 327 g/mol. The normalized spacial score (nSPS) is 10.4. The molecule has 96 valence electrons. The highest BCUT2D eigenvalue weighted by Crippen LogP contribution is 2.29. The van der Waals surface area contributed by atoms with Gasteiger partial charge in [-0.1, -0.05) is 0 Å². The molecule has 0 amide bonds. The van der Waals surface area contributed by atoms with Crippen LogP contribution in [-0.2, 0) is 6.54 Å². The minimum absolute atomic E-state index is 0.725. The van der Waals surface area contributed by atoms with Crippen LogP contribution in [-0.4, -0.2) is 29.0 Å². The van der Waals surface area contributed by atoms with Crippen molar-refractivity contribution in [2.45, 2.75) is 13.5 Å². The summed E-state index contributed by atoms with van der Waals surface area (Å²) < 4.78 is 0.863. The molecule has 1 N–H and O–H groups in total. The molecule has 0 aliphatic rings. The molecule has 0 aliphatic heterocycles. The van der Waals surface area contributed by atoms with E-state index in [1.165, 1.54) is 0 Å². The van der Waals surface area contributed by atoms with Crippen LogP contribution >= 0.6 is 27.3 Å². The highest BCUT2D eigenvalue weighted by Gasteiger charge is 2.13. The summed E-state index contributed by atoms with van der Waals surface area (Å²) in [7, 11) is 3.82. The molecule has 0 saturated heterocycles. The third kappa shape index (κ3) is 2.78. The topological polar surface area (TPSA) is 53.9 Å². The van der Waals surface area contributed by atoms with Crippen molar-refractivity contribution in [2.24, 2.45) is 0 Å². The van der Waals surface area contributed by atoms with E-state index in [0.717, 1.165) is 33.4 Å². The summed E-state index contributed by atoms with van der Waals surface area (Å²) in [5, 5.41) is 6.17. The molecule has 0 bridgehead atoms. The average Bonchev–Trinajstić information content (AvgIpc) is 2.75. The fourth-order valence-corrected chi connectivity index (χ4v) is 2.91. The van der Waals surface area contributed by atoms with Crippen LogP contribution in [0.2, 0.25) is 0 Å². The molecule has 2 aromatic heterocycles. The maximum absolute atomic E-state index is 4.45. The quantitative estimate of drug-likeness (QED) is 0.935. The van der Waals surface area contributed by atoms with Crippen LogP contribution in [0.25, 0.3) is 0 Å². The van der Waals surface area contributed by atoms with E-state index >= 15 is 0 Å². The number of thiazole rings is 1. The Morgan fingerprint density at radius 3 is 2.83 bits per heavy atom. The zero-order valence-electron chi connectivity index (χ0n) is 10.4. The number of hydrogen-bond acceptors (Lipinski definition) is 6. The first-order valence-electron chi connectivity index (χ1n) is 5.42. The van der Waals surface area contributed by atoms with E-state index in [-0.39, 0.29) is 0 Å². The van der Waals surface area contributed by atoms with E-state index in [0.29, 0.717) is 0 Å². The van der Waals surface area contributed by atoms with E-state index in [9.17, 15) is 0 Å². The molecule has 0 radical (unpaired) electrons. The summed E-state index contributed by atoms with van der Waals surface area (Å²) in [4.78, 5) is 14.9. The van der Waals surface area contributed by atoms with Crippen LogP contribution in [0.4, 0.5) is 11.6 Å². The summed E-state index contributed by atoms with van der Waals surface area (Å²) in [6.07, 6.45) is 1.55. The highest BCUT2D eigenvalue weighted by molar-refractivity contribution is 9.10. The third-order valence-corrected chi connectivity index (χ3v) is 3.99. The Hall–Kier alpha value is -1.21. The Balaban J connectivity index is 2.21. The number of aryl methyl sites for hydroxylation is 1. The number of nitrogens with zero attached hydrogens (tertiary/aromatic N) is 4. The van der Waals surface area contributed by atoms with Crippen molar-refractivity contribution in [1.29, 1.82) is 0 Å². The van der Waals surface area contributed by atoms with Gasteiger partial charge in [0.15, 0.2) is 0 Å². The second kappa shape index (κ2) is 5.62. The number of halogens is 1. The first kappa shape index (κ1) is 13.2. The van der Waals surface area contributed by atoms with Gasteiger partial charge in [-0.25, -0.2) is 15.0 Å². The van der Waals surface area contributed by atoms with Gasteiger partial charge in [-0.2, -0.15) is 0 Å². The predicted molar refractivity (Wildman–Crippen MR) is 78.2 cm³/mol. The lowest BCUT2D eigenvalue weighted by molar-refractivity contribution is 0.862. The van der Waals surface area contributed by atoms with Crippen molar-refractivity contribution in [3.05, 3.63) is 26.9 Å². The number of rotatable bonds is 4. The van der Waals surface area contributed by atoms with Gasteiger partial charge in [0.2, 0.25) is 0 Å². The maximum atomic E-state index is 4.45. The van der Waals surface area contributed by atoms with Gasteiger partial charge in [0, 0.05) is 19.5 Å². The van der Waals surface area contributed by atoms with Crippen LogP contribution in [0.5, 0.6) is 0 Å². The first-order chi connectivity index (χ1) is 8.61. The van der Waals surface area contributed by atoms with Gasteiger partial charge in [-0.15, -0.1) is 11.3 Å². The minimum Gasteiger partial charge on any atom is -0.372 e. The Labute approximate surface area is 118 Å². The van der Waals surface area contributed by atoms with Crippen LogP contribution in [0.1, 0.15) is 10.7 Å². The molecule has 0 spiro atoms. The summed E-state index contributed by atoms with van der Waals surface area (Å²) in [5.41, 5.74) is 1.05. The predicted octanol–water partition coefficient (Wildman–Crippen LogP) is 2.68. The van der Waals surface area contributed by atoms with Crippen molar-refractivity contribution < 1.29 is 0 Å². The molecular formula is C11H14BrN5S. The van der Waals surface area contributed by atoms with Gasteiger partial charge in [-0.05, 0) is 22.9 Å². The summed E-state index contributed by atoms with van der Waals surface area (Å²) in [5.74, 6) is 1.63. The number of nitrogens with one attached hydrogen (secondary N) is 1. The van der Waals surface area contributed by atoms with Crippen molar-refractivity contribution in [3.8, 4) is 0 Å². The van der Waals surface area contributed by atoms with Gasteiger partial charge in [0.05, 0.1) is 17.2 Å². The summed E-state index contributed by atoms with van der Waals surface area (Å²) in [6, 6.07) is 0. The number of aromatic nitrogens is 3. The van der Waals surface area contributed by atoms with E-state index in [1.54, 1.807) is 17.7 Å². The second-order valence-corrected chi connectivity index (χ2v) is 5.68. The van der Waals surface area contributed by atoms with E-state index in [4.69, 9.17) is 0 Å². The summed E-state index contributed by atoms with van der Waals surface area (Å²) in [6.45, 7) is 2.73. The fraction of sp³-hybridized carbons (Fsp3) is 0.364. The third-order valence-electron chi connectivity index (χ3n) is 2.44. The van der Waals surface area contributed by atoms with E-state index in [1.807, 2.05) is 25.9 Å². The summed E-state index contributed by atoms with van der Waals surface area (Å²) >= 11 is 5.17. The molecule has 2 aromatic rings. The molecule has 0 unspecified atom stereocenters. The first-order valence-corrected chi connectivity index (χ1v) is 7.09. The molecule has 0 aromatic carbocycles. The molecule has 18 heavy (non-hydrogen) atoms. The fourth-order valence-electron chi connectivity index (χ4n) is 1.60. The zero-order chi connectivity index (χ0) is 13.1. The van der Waals surface area contributed by atoms with Crippen LogP contribution in [0.15, 0.2) is 16.2 Å². The highest BCUT2D eigenvalue weighted by atomic mass is 79.9. The molecular weight excluding hydrogens is 314 g/mol. The van der Waals surface area contributed by atoms with Gasteiger partial charge in [-0.3, -0.25) is 0 Å². The molecule has 0 atom stereocenters. The van der Waals surface area contributed by atoms with E-state index in [2.05, 4.69) is 41.6 Å². The lowest BCUT2D eigenvalue weighted by atomic mass is 10.4. The smallest absolute Gasteiger partial charge is 0.148 e. The molecule has 7 heteroatoms. The van der Waals surface area contributed by atoms with Crippen molar-refractivity contribution in [2.75, 3.05) is 24.3 Å². The van der Waals surface area contributed by atoms with Crippen LogP contribution in [0, 0.1) is 6.92 Å². The number of hydrogen-bond donors (Lipinski definition) is 1. The Morgan fingerprint density at radius 1 is 1.44 bits per heavy atom. The SMILES string of the molecule is CNc1ncnc(N(C)Cc2csc(C)n2)c1Br. The molecule has 0 saturated carbocycles. The zero-order valence-corrected chi connectivity index (χ0v) is 12.8. The van der Waals surface area contributed by atoms with Gasteiger partial charge >= 0.3 is 0 Å². The number of anilines is 2. The molecule has 2 heterocycles. The van der Waals surface area contributed by atoms with Gasteiger partial charge in [0.25, 0.3) is 0 Å². The lowest BCUT2D eigenvalue weighted by Gasteiger charge is -2.19. The van der Waals surface area contributed by atoms with Crippen LogP contribution < -0.4 is 10.2 Å². The minimum atomic E-state index is 0.725. The van der Waals surface area contributed by atoms with Gasteiger partial charge < -0.3 is 10.2 Å². The second-order valence-electron chi connectivity index (χ2n) is 3.82. The van der Waals surface area contributed by atoms with Crippen LogP contribution in [0.3, 0.4) is 0 Å². The Kier molecular flexibility index (Phi) is 4.13. The van der Waals surface area contributed by atoms with Gasteiger partial charge in [0.1, 0.15) is 22.4 Å². The largest absolute Gasteiger partial charge is 0.372 e. The van der Waals surface area contributed by atoms with E-state index < -0.39 is 0 Å². The lowest BCUT2D eigenvalue weighted by Crippen LogP contribution is -2.19. The Bertz CT molecular complexity index is 542. The standard InChI is InChI=1S/C11H14BrN5S/c1-7-16-8(5-18-7)4-17(3)11-9(12)10(13-2)14-6-15-11/h5-6H,4H2,1-3H3,(H,13,14,15). The van der Waals surface area contributed by atoms with Crippen molar-refractivity contribution >= 4 is 38.9 Å². The molecule has 0 fully saturated rings.